The number of hydrogen-bond acceptors (Lipinski definition) is 5. The highest BCUT2D eigenvalue weighted by atomic mass is 16.6. The molecule has 0 aliphatic heterocycles. The second-order valence-corrected chi connectivity index (χ2v) is 7.02. The monoisotopic (exact) mass is 413 g/mol. The van der Waals surface area contributed by atoms with Crippen LogP contribution in [0.15, 0.2) is 48.5 Å². The first kappa shape index (κ1) is 21.3. The van der Waals surface area contributed by atoms with Gasteiger partial charge in [-0.15, -0.1) is 0 Å². The molecule has 3 N–H and O–H groups in total. The average molecular weight is 413 g/mol. The number of urea groups is 1. The maximum atomic E-state index is 12.5. The van der Waals surface area contributed by atoms with Crippen LogP contribution in [0, 0.1) is 0 Å². The Morgan fingerprint density at radius 1 is 0.933 bits per heavy atom. The zero-order valence-corrected chi connectivity index (χ0v) is 17.1. The molecule has 8 nitrogen and oxygen atoms in total. The Hall–Kier alpha value is -3.42. The predicted molar refractivity (Wildman–Crippen MR) is 114 cm³/mol. The summed E-state index contributed by atoms with van der Waals surface area (Å²) in [6.45, 7) is 0. The van der Waals surface area contributed by atoms with E-state index in [0.29, 0.717) is 29.3 Å². The van der Waals surface area contributed by atoms with Crippen molar-refractivity contribution in [2.75, 3.05) is 24.9 Å². The molecule has 1 saturated carbocycles. The first-order valence-corrected chi connectivity index (χ1v) is 9.90. The lowest BCUT2D eigenvalue weighted by Gasteiger charge is -2.29. The smallest absolute Gasteiger partial charge is 0.411 e. The van der Waals surface area contributed by atoms with E-state index in [4.69, 9.17) is 14.2 Å². The van der Waals surface area contributed by atoms with Crippen LogP contribution in [0.5, 0.6) is 11.5 Å². The Morgan fingerprint density at radius 3 is 2.47 bits per heavy atom. The summed E-state index contributed by atoms with van der Waals surface area (Å²) in [5, 5.41) is 8.46. The lowest BCUT2D eigenvalue weighted by atomic mass is 9.93. The van der Waals surface area contributed by atoms with Gasteiger partial charge in [-0.3, -0.25) is 5.32 Å². The number of nitrogens with one attached hydrogen (secondary N) is 3. The molecular formula is C22H27N3O5. The third-order valence-electron chi connectivity index (χ3n) is 4.91. The maximum absolute atomic E-state index is 12.5. The fraction of sp³-hybridized carbons (Fsp3) is 0.364. The van der Waals surface area contributed by atoms with Crippen LogP contribution in [0.2, 0.25) is 0 Å². The standard InChI is InChI=1S/C22H27N3O5/c1-28-19-13-7-12-18(20(19)29-2)25-21(26)23-16-10-6-11-17(14-16)30-22(27)24-15-8-4-3-5-9-15/h3-5,7-9,12-13,16-17H,6,10-11,14H2,1-2H3,(H,24,27)(H2,23,25,26)/t16-,17+/m0/s1. The summed E-state index contributed by atoms with van der Waals surface area (Å²) in [5.74, 6) is 0.989. The zero-order valence-electron chi connectivity index (χ0n) is 17.1. The third kappa shape index (κ3) is 5.79. The van der Waals surface area contributed by atoms with E-state index >= 15 is 0 Å². The van der Waals surface area contributed by atoms with Crippen LogP contribution in [0.1, 0.15) is 25.7 Å². The molecule has 0 heterocycles. The van der Waals surface area contributed by atoms with Crippen molar-refractivity contribution in [3.63, 3.8) is 0 Å². The minimum atomic E-state index is -0.489. The summed E-state index contributed by atoms with van der Waals surface area (Å²) < 4.78 is 16.1. The Balaban J connectivity index is 1.51. The lowest BCUT2D eigenvalue weighted by Crippen LogP contribution is -2.43. The fourth-order valence-corrected chi connectivity index (χ4v) is 3.53. The van der Waals surface area contributed by atoms with E-state index < -0.39 is 6.09 Å². The van der Waals surface area contributed by atoms with Crippen LogP contribution >= 0.6 is 0 Å². The zero-order chi connectivity index (χ0) is 21.3. The molecule has 0 spiro atoms. The number of methoxy groups -OCH3 is 2. The topological polar surface area (TPSA) is 97.9 Å². The average Bonchev–Trinajstić information content (AvgIpc) is 2.74. The molecule has 3 amide bonds. The molecule has 0 unspecified atom stereocenters. The van der Waals surface area contributed by atoms with Gasteiger partial charge in [0.15, 0.2) is 11.5 Å². The summed E-state index contributed by atoms with van der Waals surface area (Å²) in [7, 11) is 3.06. The number of ether oxygens (including phenoxy) is 3. The SMILES string of the molecule is COc1cccc(NC(=O)N[C@H]2CCC[C@@H](OC(=O)Nc3ccccc3)C2)c1OC. The second-order valence-electron chi connectivity index (χ2n) is 7.02. The molecule has 0 aromatic heterocycles. The maximum Gasteiger partial charge on any atom is 0.411 e. The van der Waals surface area contributed by atoms with Gasteiger partial charge >= 0.3 is 12.1 Å². The number of para-hydroxylation sites is 2. The van der Waals surface area contributed by atoms with Crippen molar-refractivity contribution in [1.29, 1.82) is 0 Å². The molecule has 1 aliphatic carbocycles. The number of carbonyl (C=O) groups is 2. The fourth-order valence-electron chi connectivity index (χ4n) is 3.53. The van der Waals surface area contributed by atoms with E-state index in [-0.39, 0.29) is 18.2 Å². The molecule has 1 aliphatic rings. The highest BCUT2D eigenvalue weighted by Crippen LogP contribution is 2.34. The van der Waals surface area contributed by atoms with E-state index in [2.05, 4.69) is 16.0 Å². The molecule has 2 aromatic rings. The molecule has 8 heteroatoms. The lowest BCUT2D eigenvalue weighted by molar-refractivity contribution is 0.0779. The summed E-state index contributed by atoms with van der Waals surface area (Å²) in [5.41, 5.74) is 1.19. The van der Waals surface area contributed by atoms with E-state index in [0.717, 1.165) is 19.3 Å². The summed E-state index contributed by atoms with van der Waals surface area (Å²) in [4.78, 5) is 24.6. The number of benzene rings is 2. The molecule has 1 fully saturated rings. The van der Waals surface area contributed by atoms with Crippen molar-refractivity contribution in [2.24, 2.45) is 0 Å². The van der Waals surface area contributed by atoms with Crippen molar-refractivity contribution in [2.45, 2.75) is 37.8 Å². The van der Waals surface area contributed by atoms with Gasteiger partial charge in [-0.25, -0.2) is 9.59 Å². The largest absolute Gasteiger partial charge is 0.493 e. The highest BCUT2D eigenvalue weighted by Gasteiger charge is 2.26. The van der Waals surface area contributed by atoms with Gasteiger partial charge in [0.25, 0.3) is 0 Å². The molecule has 2 aromatic carbocycles. The first-order chi connectivity index (χ1) is 14.6. The van der Waals surface area contributed by atoms with Crippen molar-refractivity contribution in [1.82, 2.24) is 5.32 Å². The number of rotatable bonds is 6. The Bertz CT molecular complexity index is 859. The summed E-state index contributed by atoms with van der Waals surface area (Å²) >= 11 is 0. The number of anilines is 2. The minimum Gasteiger partial charge on any atom is -0.493 e. The molecule has 0 radical (unpaired) electrons. The first-order valence-electron chi connectivity index (χ1n) is 9.90. The van der Waals surface area contributed by atoms with Gasteiger partial charge in [0.2, 0.25) is 0 Å². The van der Waals surface area contributed by atoms with Gasteiger partial charge in [-0.2, -0.15) is 0 Å². The van der Waals surface area contributed by atoms with Crippen LogP contribution in [0.4, 0.5) is 21.0 Å². The van der Waals surface area contributed by atoms with Crippen molar-refractivity contribution in [3.8, 4) is 11.5 Å². The second kappa shape index (κ2) is 10.4. The Morgan fingerprint density at radius 2 is 1.73 bits per heavy atom. The molecule has 3 rings (SSSR count). The van der Waals surface area contributed by atoms with Gasteiger partial charge in [0.05, 0.1) is 19.9 Å². The number of amides is 3. The van der Waals surface area contributed by atoms with Crippen molar-refractivity contribution < 1.29 is 23.8 Å². The van der Waals surface area contributed by atoms with Gasteiger partial charge in [0.1, 0.15) is 6.10 Å². The van der Waals surface area contributed by atoms with E-state index in [1.165, 1.54) is 14.2 Å². The Labute approximate surface area is 175 Å². The highest BCUT2D eigenvalue weighted by molar-refractivity contribution is 5.91. The molecule has 0 saturated heterocycles. The normalized spacial score (nSPS) is 18.1. The van der Waals surface area contributed by atoms with Crippen LogP contribution in [0.25, 0.3) is 0 Å². The molecular weight excluding hydrogens is 386 g/mol. The van der Waals surface area contributed by atoms with Crippen LogP contribution in [0.3, 0.4) is 0 Å². The van der Waals surface area contributed by atoms with E-state index in [1.54, 1.807) is 30.3 Å². The van der Waals surface area contributed by atoms with Crippen molar-refractivity contribution in [3.05, 3.63) is 48.5 Å². The van der Waals surface area contributed by atoms with Crippen LogP contribution in [-0.4, -0.2) is 38.5 Å². The number of carbonyl (C=O) groups excluding carboxylic acids is 2. The summed E-state index contributed by atoms with van der Waals surface area (Å²) in [6.07, 6.45) is 2.27. The third-order valence-corrected chi connectivity index (χ3v) is 4.91. The van der Waals surface area contributed by atoms with Gasteiger partial charge in [-0.05, 0) is 43.5 Å². The van der Waals surface area contributed by atoms with Crippen LogP contribution < -0.4 is 25.4 Å². The molecule has 160 valence electrons. The van der Waals surface area contributed by atoms with Gasteiger partial charge in [0, 0.05) is 18.2 Å². The van der Waals surface area contributed by atoms with E-state index in [1.807, 2.05) is 18.2 Å². The molecule has 0 bridgehead atoms. The van der Waals surface area contributed by atoms with Crippen LogP contribution in [-0.2, 0) is 4.74 Å². The molecule has 30 heavy (non-hydrogen) atoms. The quantitative estimate of drug-likeness (QED) is 0.653. The molecule has 2 atom stereocenters. The number of hydrogen-bond donors (Lipinski definition) is 3. The van der Waals surface area contributed by atoms with Gasteiger partial charge in [-0.1, -0.05) is 24.3 Å². The Kier molecular flexibility index (Phi) is 7.37. The minimum absolute atomic E-state index is 0.0927. The predicted octanol–water partition coefficient (Wildman–Crippen LogP) is 4.39. The van der Waals surface area contributed by atoms with Gasteiger partial charge < -0.3 is 24.8 Å². The summed E-state index contributed by atoms with van der Waals surface area (Å²) in [6, 6.07) is 14.0. The van der Waals surface area contributed by atoms with E-state index in [9.17, 15) is 9.59 Å². The van der Waals surface area contributed by atoms with Crippen molar-refractivity contribution >= 4 is 23.5 Å².